The molecule has 0 aromatic heterocycles. The first kappa shape index (κ1) is 20.0. The van der Waals surface area contributed by atoms with Crippen LogP contribution in [0.25, 0.3) is 0 Å². The maximum absolute atomic E-state index is 9.38. The Kier molecular flexibility index (Phi) is 7.16. The van der Waals surface area contributed by atoms with Gasteiger partial charge >= 0.3 is 0 Å². The molecule has 3 unspecified atom stereocenters. The molecule has 0 bridgehead atoms. The molecule has 0 fully saturated rings. The maximum Gasteiger partial charge on any atom is 0.172 e. The van der Waals surface area contributed by atoms with E-state index in [1.807, 2.05) is 18.2 Å². The molecule has 0 amide bonds. The molecule has 10 heteroatoms. The Morgan fingerprint density at radius 1 is 1.14 bits per heavy atom. The van der Waals surface area contributed by atoms with E-state index >= 15 is 0 Å². The lowest BCUT2D eigenvalue weighted by Gasteiger charge is -2.14. The lowest BCUT2D eigenvalue weighted by Crippen LogP contribution is -2.28. The average molecular weight is 372 g/mol. The molecular formula is C18H16N10. The van der Waals surface area contributed by atoms with Crippen LogP contribution in [0.5, 0.6) is 0 Å². The Bertz CT molecular complexity index is 952. The number of nitriles is 4. The van der Waals surface area contributed by atoms with Gasteiger partial charge in [0.15, 0.2) is 11.4 Å². The second-order valence-electron chi connectivity index (χ2n) is 5.72. The third kappa shape index (κ3) is 5.36. The van der Waals surface area contributed by atoms with E-state index in [1.54, 1.807) is 19.3 Å². The van der Waals surface area contributed by atoms with Crippen LogP contribution < -0.4 is 10.6 Å². The fourth-order valence-electron chi connectivity index (χ4n) is 2.19. The summed E-state index contributed by atoms with van der Waals surface area (Å²) in [6.07, 6.45) is 6.15. The molecule has 0 aromatic carbocycles. The SMILES string of the molecule is CC(/N=C(C#N)\C(C#N)=N/CC1=CNCC(C#N)C=N1)C1=CNC(C#N)C=N1. The van der Waals surface area contributed by atoms with Gasteiger partial charge < -0.3 is 10.6 Å². The summed E-state index contributed by atoms with van der Waals surface area (Å²) in [7, 11) is 0. The van der Waals surface area contributed by atoms with Crippen LogP contribution in [0.3, 0.4) is 0 Å². The van der Waals surface area contributed by atoms with Crippen LogP contribution in [0, 0.1) is 51.2 Å². The molecule has 28 heavy (non-hydrogen) atoms. The van der Waals surface area contributed by atoms with E-state index in [2.05, 4.69) is 36.7 Å². The van der Waals surface area contributed by atoms with Crippen LogP contribution in [0.15, 0.2) is 43.8 Å². The number of aliphatic imine (C=N–C) groups is 4. The summed E-state index contributed by atoms with van der Waals surface area (Å²) in [4.78, 5) is 16.7. The van der Waals surface area contributed by atoms with Crippen molar-refractivity contribution in [3.05, 3.63) is 23.8 Å². The molecule has 10 nitrogen and oxygen atoms in total. The molecule has 0 spiro atoms. The smallest absolute Gasteiger partial charge is 0.172 e. The molecule has 0 radical (unpaired) electrons. The van der Waals surface area contributed by atoms with E-state index in [0.29, 0.717) is 17.9 Å². The van der Waals surface area contributed by atoms with E-state index in [1.165, 1.54) is 12.4 Å². The molecule has 3 atom stereocenters. The molecule has 2 rings (SSSR count). The van der Waals surface area contributed by atoms with Gasteiger partial charge in [0.05, 0.1) is 42.0 Å². The highest BCUT2D eigenvalue weighted by molar-refractivity contribution is 6.53. The highest BCUT2D eigenvalue weighted by atomic mass is 15.0. The van der Waals surface area contributed by atoms with Crippen molar-refractivity contribution in [3.8, 4) is 24.3 Å². The summed E-state index contributed by atoms with van der Waals surface area (Å²) in [5, 5.41) is 42.3. The van der Waals surface area contributed by atoms with Gasteiger partial charge in [-0.05, 0) is 6.92 Å². The van der Waals surface area contributed by atoms with Gasteiger partial charge in [-0.1, -0.05) is 0 Å². The van der Waals surface area contributed by atoms with Crippen molar-refractivity contribution in [2.45, 2.75) is 19.0 Å². The normalized spacial score (nSPS) is 22.6. The van der Waals surface area contributed by atoms with E-state index in [0.717, 1.165) is 0 Å². The van der Waals surface area contributed by atoms with E-state index in [9.17, 15) is 10.5 Å². The molecular weight excluding hydrogens is 356 g/mol. The average Bonchev–Trinajstić information content (AvgIpc) is 2.98. The molecule has 2 N–H and O–H groups in total. The van der Waals surface area contributed by atoms with Crippen LogP contribution in [0.1, 0.15) is 6.92 Å². The van der Waals surface area contributed by atoms with Gasteiger partial charge in [0.25, 0.3) is 0 Å². The van der Waals surface area contributed by atoms with Crippen molar-refractivity contribution >= 4 is 23.9 Å². The summed E-state index contributed by atoms with van der Waals surface area (Å²) >= 11 is 0. The number of hydrogen-bond acceptors (Lipinski definition) is 10. The van der Waals surface area contributed by atoms with Crippen LogP contribution in [-0.4, -0.2) is 49.0 Å². The Morgan fingerprint density at radius 2 is 1.93 bits per heavy atom. The number of nitrogens with zero attached hydrogens (tertiary/aromatic N) is 8. The monoisotopic (exact) mass is 372 g/mol. The number of nitrogens with one attached hydrogen (secondary N) is 2. The Balaban J connectivity index is 2.14. The molecule has 0 saturated heterocycles. The topological polar surface area (TPSA) is 169 Å². The first-order chi connectivity index (χ1) is 13.6. The van der Waals surface area contributed by atoms with E-state index in [-0.39, 0.29) is 23.9 Å². The summed E-state index contributed by atoms with van der Waals surface area (Å²) in [5.41, 5.74) is 0.825. The summed E-state index contributed by atoms with van der Waals surface area (Å²) in [5.74, 6) is -0.344. The van der Waals surface area contributed by atoms with E-state index < -0.39 is 12.1 Å². The Morgan fingerprint density at radius 3 is 2.54 bits per heavy atom. The minimum absolute atomic E-state index is 0.0614. The van der Waals surface area contributed by atoms with Crippen LogP contribution in [0.4, 0.5) is 0 Å². The van der Waals surface area contributed by atoms with Crippen molar-refractivity contribution in [3.63, 3.8) is 0 Å². The van der Waals surface area contributed by atoms with Gasteiger partial charge in [-0.2, -0.15) is 21.0 Å². The third-order valence-corrected chi connectivity index (χ3v) is 3.70. The Labute approximate surface area is 162 Å². The van der Waals surface area contributed by atoms with Gasteiger partial charge in [0, 0.05) is 31.4 Å². The second kappa shape index (κ2) is 10.0. The highest BCUT2D eigenvalue weighted by Gasteiger charge is 2.16. The zero-order valence-corrected chi connectivity index (χ0v) is 15.0. The molecule has 2 heterocycles. The molecule has 0 aromatic rings. The lowest BCUT2D eigenvalue weighted by atomic mass is 10.2. The van der Waals surface area contributed by atoms with Gasteiger partial charge in [0.2, 0.25) is 0 Å². The third-order valence-electron chi connectivity index (χ3n) is 3.70. The number of rotatable bonds is 5. The zero-order chi connectivity index (χ0) is 20.4. The van der Waals surface area contributed by atoms with Crippen molar-refractivity contribution in [1.82, 2.24) is 10.6 Å². The summed E-state index contributed by atoms with van der Waals surface area (Å²) < 4.78 is 0. The van der Waals surface area contributed by atoms with Gasteiger partial charge in [-0.3, -0.25) is 20.0 Å². The Hall–Kier alpha value is -4.28. The molecule has 0 saturated carbocycles. The van der Waals surface area contributed by atoms with Crippen molar-refractivity contribution in [2.75, 3.05) is 13.1 Å². The first-order valence-corrected chi connectivity index (χ1v) is 8.30. The van der Waals surface area contributed by atoms with Gasteiger partial charge in [0.1, 0.15) is 18.2 Å². The van der Waals surface area contributed by atoms with Gasteiger partial charge in [-0.15, -0.1) is 0 Å². The quantitative estimate of drug-likeness (QED) is 0.660. The predicted molar refractivity (Wildman–Crippen MR) is 103 cm³/mol. The molecule has 2 aliphatic rings. The zero-order valence-electron chi connectivity index (χ0n) is 15.0. The number of hydrogen-bond donors (Lipinski definition) is 2. The molecule has 2 aliphatic heterocycles. The molecule has 138 valence electrons. The van der Waals surface area contributed by atoms with Crippen LogP contribution in [0.2, 0.25) is 0 Å². The molecule has 0 aliphatic carbocycles. The van der Waals surface area contributed by atoms with Crippen molar-refractivity contribution in [2.24, 2.45) is 25.9 Å². The maximum atomic E-state index is 9.38. The van der Waals surface area contributed by atoms with Crippen LogP contribution >= 0.6 is 0 Å². The summed E-state index contributed by atoms with van der Waals surface area (Å²) in [6, 6.07) is 6.85. The van der Waals surface area contributed by atoms with Gasteiger partial charge in [-0.25, -0.2) is 0 Å². The highest BCUT2D eigenvalue weighted by Crippen LogP contribution is 2.11. The van der Waals surface area contributed by atoms with Crippen molar-refractivity contribution in [1.29, 1.82) is 21.0 Å². The first-order valence-electron chi connectivity index (χ1n) is 8.30. The lowest BCUT2D eigenvalue weighted by molar-refractivity contribution is 0.785. The minimum Gasteiger partial charge on any atom is -0.388 e. The fourth-order valence-corrected chi connectivity index (χ4v) is 2.19. The minimum atomic E-state index is -0.509. The fraction of sp³-hybridized carbons (Fsp3) is 0.333. The van der Waals surface area contributed by atoms with Crippen LogP contribution in [-0.2, 0) is 0 Å². The standard InChI is InChI=1S/C18H16N10/c1-12(18-11-25-14(3-20)9-27-18)28-17(5-22)16(4-21)26-10-15-8-23-6-13(2-19)7-24-15/h7-9,11-14,23,25H,6,10H2,1H3/b26-16-,28-17-. The van der Waals surface area contributed by atoms with E-state index in [4.69, 9.17) is 10.5 Å². The summed E-state index contributed by atoms with van der Waals surface area (Å²) in [6.45, 7) is 2.22. The second-order valence-corrected chi connectivity index (χ2v) is 5.72. The largest absolute Gasteiger partial charge is 0.388 e. The predicted octanol–water partition coefficient (Wildman–Crippen LogP) is 0.367. The van der Waals surface area contributed by atoms with Crippen molar-refractivity contribution < 1.29 is 0 Å².